The van der Waals surface area contributed by atoms with Crippen LogP contribution in [0.25, 0.3) is 0 Å². The summed E-state index contributed by atoms with van der Waals surface area (Å²) in [5.41, 5.74) is 6.12. The van der Waals surface area contributed by atoms with Crippen LogP contribution in [0.2, 0.25) is 0 Å². The number of carboxylic acids is 4. The minimum Gasteiger partial charge on any atom is -0.481 e. The van der Waals surface area contributed by atoms with E-state index in [0.717, 1.165) is 50.3 Å². The molecule has 0 bridgehead atoms. The number of hydrogen-bond donors (Lipinski definition) is 15. The van der Waals surface area contributed by atoms with E-state index in [9.17, 15) is 92.3 Å². The lowest BCUT2D eigenvalue weighted by atomic mass is 9.96. The van der Waals surface area contributed by atoms with Crippen molar-refractivity contribution in [2.75, 3.05) is 26.2 Å². The Morgan fingerprint density at radius 3 is 1.67 bits per heavy atom. The molecule has 3 fully saturated rings. The van der Waals surface area contributed by atoms with Crippen molar-refractivity contribution in [3.8, 4) is 0 Å². The Kier molecular flexibility index (Phi) is 33.6. The minimum absolute atomic E-state index is 0.0225. The number of amides is 12. The van der Waals surface area contributed by atoms with Crippen LogP contribution in [0.1, 0.15) is 164 Å². The normalized spacial score (nSPS) is 25.2. The van der Waals surface area contributed by atoms with Gasteiger partial charge in [0.25, 0.3) is 0 Å². The monoisotopic (exact) mass is 1330 g/mol. The zero-order chi connectivity index (χ0) is 70.5. The van der Waals surface area contributed by atoms with Crippen LogP contribution in [0.5, 0.6) is 0 Å². The molecule has 33 heteroatoms. The van der Waals surface area contributed by atoms with Crippen molar-refractivity contribution in [3.05, 3.63) is 12.2 Å². The molecule has 13 unspecified atom stereocenters. The maximum atomic E-state index is 15.2. The molecule has 3 rings (SSSR count). The van der Waals surface area contributed by atoms with E-state index in [1.54, 1.807) is 26.0 Å². The molecule has 12 amide bonds. The predicted molar refractivity (Wildman–Crippen MR) is 333 cm³/mol. The Hall–Kier alpha value is -8.78. The average Bonchev–Trinajstić information content (AvgIpc) is 1.28. The van der Waals surface area contributed by atoms with Gasteiger partial charge in [0.1, 0.15) is 54.4 Å². The summed E-state index contributed by atoms with van der Waals surface area (Å²) >= 11 is 0. The van der Waals surface area contributed by atoms with Gasteiger partial charge in [0, 0.05) is 25.6 Å². The lowest BCUT2D eigenvalue weighted by Gasteiger charge is -2.39. The lowest BCUT2D eigenvalue weighted by Crippen LogP contribution is -2.66. The summed E-state index contributed by atoms with van der Waals surface area (Å²) in [6, 6.07) is -18.5. The fourth-order valence-corrected chi connectivity index (χ4v) is 10.9. The highest BCUT2D eigenvalue weighted by Crippen LogP contribution is 2.24. The second kappa shape index (κ2) is 39.7. The Bertz CT molecular complexity index is 2760. The molecule has 0 saturated carbocycles. The Morgan fingerprint density at radius 1 is 0.585 bits per heavy atom. The first-order valence-corrected chi connectivity index (χ1v) is 32.1. The van der Waals surface area contributed by atoms with Gasteiger partial charge in [0.15, 0.2) is 0 Å². The number of carbonyl (C=O) groups is 16. The van der Waals surface area contributed by atoms with Crippen LogP contribution in [0.4, 0.5) is 0 Å². The van der Waals surface area contributed by atoms with Crippen molar-refractivity contribution in [3.63, 3.8) is 0 Å². The molecule has 33 nitrogen and oxygen atoms in total. The lowest BCUT2D eigenvalue weighted by molar-refractivity contribution is -0.150. The number of carboxylic acid groups (broad SMARTS) is 4. The van der Waals surface area contributed by atoms with Gasteiger partial charge in [0.2, 0.25) is 70.9 Å². The third-order valence-corrected chi connectivity index (χ3v) is 16.6. The van der Waals surface area contributed by atoms with E-state index in [-0.39, 0.29) is 51.6 Å². The van der Waals surface area contributed by atoms with Crippen molar-refractivity contribution in [1.82, 2.24) is 63.0 Å². The second-order valence-corrected chi connectivity index (χ2v) is 24.7. The number of hydrogen-bond acceptors (Lipinski definition) is 17. The summed E-state index contributed by atoms with van der Waals surface area (Å²) in [7, 11) is 0. The standard InChI is InChI=1S/C61H97N13O20/c1-8-33(4)21-16-14-12-10-9-11-13-15-17-24-42(75)66-39(29-47(82)83)54(86)72-51-36(7)65-55(87)41-23-20-26-74(41)59(91)48(32(2)3)70-58(90)50(35(6)62)69-44(77)31-64-52(84)37(27-45(78)79)67-43(76)30-63-53(85)38(28-46(80)81)68-57(89)49(34(5)61(93)94)71-56(88)40-22-18-19-25-73(40)60(51)92/h15,17,32-41,48-51H,8-14,16,18-31,62H2,1-7H3,(H,63,85)(H,64,84)(H,65,87)(H,66,75)(H,67,76)(H,68,89)(H,69,77)(H,70,90)(H,71,88)(H,72,86)(H,78,79)(H,80,81)(H,82,83)(H,93,94). The average molecular weight is 1330 g/mol. The van der Waals surface area contributed by atoms with Crippen LogP contribution in [-0.2, 0) is 76.7 Å². The van der Waals surface area contributed by atoms with Gasteiger partial charge in [-0.15, -0.1) is 0 Å². The first kappa shape index (κ1) is 79.5. The van der Waals surface area contributed by atoms with Gasteiger partial charge < -0.3 is 89.1 Å². The third-order valence-electron chi connectivity index (χ3n) is 16.6. The molecule has 0 aliphatic carbocycles. The largest absolute Gasteiger partial charge is 0.481 e. The Labute approximate surface area is 545 Å². The van der Waals surface area contributed by atoms with E-state index in [1.807, 2.05) is 10.6 Å². The van der Waals surface area contributed by atoms with Gasteiger partial charge in [-0.1, -0.05) is 84.8 Å². The number of allylic oxidation sites excluding steroid dienone is 1. The number of nitrogens with one attached hydrogen (secondary N) is 10. The number of carbonyl (C=O) groups excluding carboxylic acids is 12. The highest BCUT2D eigenvalue weighted by atomic mass is 16.4. The Morgan fingerprint density at radius 2 is 1.11 bits per heavy atom. The van der Waals surface area contributed by atoms with E-state index in [2.05, 4.69) is 56.4 Å². The molecule has 0 aromatic rings. The predicted octanol–water partition coefficient (Wildman–Crippen LogP) is -2.24. The first-order chi connectivity index (χ1) is 44.3. The highest BCUT2D eigenvalue weighted by molar-refractivity contribution is 6.01. The molecule has 16 N–H and O–H groups in total. The van der Waals surface area contributed by atoms with Crippen LogP contribution >= 0.6 is 0 Å². The second-order valence-electron chi connectivity index (χ2n) is 24.7. The zero-order valence-electron chi connectivity index (χ0n) is 54.6. The first-order valence-electron chi connectivity index (χ1n) is 32.1. The maximum Gasteiger partial charge on any atom is 0.308 e. The van der Waals surface area contributed by atoms with E-state index >= 15 is 4.79 Å². The van der Waals surface area contributed by atoms with Crippen molar-refractivity contribution in [2.24, 2.45) is 23.5 Å². The fraction of sp³-hybridized carbons (Fsp3) is 0.705. The molecule has 0 spiro atoms. The molecular formula is C61H97N13O20. The van der Waals surface area contributed by atoms with E-state index in [0.29, 0.717) is 12.3 Å². The van der Waals surface area contributed by atoms with Crippen molar-refractivity contribution < 1.29 is 97.1 Å². The minimum atomic E-state index is -2.15. The number of nitrogens with zero attached hydrogens (tertiary/aromatic N) is 2. The van der Waals surface area contributed by atoms with Gasteiger partial charge >= 0.3 is 23.9 Å². The van der Waals surface area contributed by atoms with E-state index in [1.165, 1.54) is 31.6 Å². The number of fused-ring (bicyclic) bond motifs is 2. The molecule has 3 saturated heterocycles. The molecular weight excluding hydrogens is 1230 g/mol. The SMILES string of the molecule is CCC(C)CCCCCCCCC=CCC(=O)NC(CC(=O)O)C(=O)NC1C(=O)N2CCCCC2C(=O)NC(C(C)C(=O)O)C(=O)NC(CC(=O)O)C(=O)NCC(=O)NC(CC(=O)O)C(=O)NCC(=O)NC(C(C)N)C(=O)NC(C(C)C)C(=O)N2CCCC2C(=O)NC1C. The van der Waals surface area contributed by atoms with Crippen LogP contribution in [0.3, 0.4) is 0 Å². The van der Waals surface area contributed by atoms with Gasteiger partial charge in [-0.2, -0.15) is 0 Å². The molecule has 0 aromatic heterocycles. The quantitative estimate of drug-likeness (QED) is 0.0340. The summed E-state index contributed by atoms with van der Waals surface area (Å²) in [4.78, 5) is 219. The highest BCUT2D eigenvalue weighted by Gasteiger charge is 2.45. The number of rotatable bonds is 25. The Balaban J connectivity index is 2.13. The van der Waals surface area contributed by atoms with Crippen molar-refractivity contribution >= 4 is 94.8 Å². The summed E-state index contributed by atoms with van der Waals surface area (Å²) in [6.07, 6.45) is 9.67. The molecule has 3 aliphatic heterocycles. The number of unbranched alkanes of at least 4 members (excludes halogenated alkanes) is 6. The summed E-state index contributed by atoms with van der Waals surface area (Å²) in [6.45, 7) is 8.79. The molecule has 13 atom stereocenters. The van der Waals surface area contributed by atoms with E-state index in [4.69, 9.17) is 5.73 Å². The van der Waals surface area contributed by atoms with Crippen LogP contribution in [-0.4, -0.2) is 218 Å². The molecule has 526 valence electrons. The summed E-state index contributed by atoms with van der Waals surface area (Å²) in [5, 5.41) is 62.4. The third kappa shape index (κ3) is 26.3. The van der Waals surface area contributed by atoms with Gasteiger partial charge in [-0.25, -0.2) is 0 Å². The van der Waals surface area contributed by atoms with E-state index < -0.39 is 205 Å². The molecule has 3 heterocycles. The number of piperidine rings is 1. The topological polar surface area (TPSA) is 507 Å². The fourth-order valence-electron chi connectivity index (χ4n) is 10.9. The molecule has 3 aliphatic rings. The van der Waals surface area contributed by atoms with Crippen LogP contribution in [0, 0.1) is 17.8 Å². The molecule has 94 heavy (non-hydrogen) atoms. The van der Waals surface area contributed by atoms with Gasteiger partial charge in [0.05, 0.1) is 44.3 Å². The van der Waals surface area contributed by atoms with Gasteiger partial charge in [-0.05, 0) is 77.6 Å². The number of aliphatic carboxylic acids is 4. The smallest absolute Gasteiger partial charge is 0.308 e. The molecule has 0 radical (unpaired) electrons. The summed E-state index contributed by atoms with van der Waals surface area (Å²) < 4.78 is 0. The van der Waals surface area contributed by atoms with Crippen LogP contribution < -0.4 is 58.9 Å². The van der Waals surface area contributed by atoms with Crippen molar-refractivity contribution in [2.45, 2.75) is 231 Å². The zero-order valence-corrected chi connectivity index (χ0v) is 54.6. The summed E-state index contributed by atoms with van der Waals surface area (Å²) in [5.74, 6) is -21.8. The maximum absolute atomic E-state index is 15.2. The van der Waals surface area contributed by atoms with Gasteiger partial charge in [-0.3, -0.25) is 76.7 Å². The number of nitrogens with two attached hydrogens (primary N) is 1. The molecule has 0 aromatic carbocycles. The van der Waals surface area contributed by atoms with Crippen molar-refractivity contribution in [1.29, 1.82) is 0 Å². The van der Waals surface area contributed by atoms with Crippen LogP contribution in [0.15, 0.2) is 12.2 Å².